The predicted molar refractivity (Wildman–Crippen MR) is 182 cm³/mol. The van der Waals surface area contributed by atoms with Gasteiger partial charge in [-0.15, -0.1) is 10.2 Å². The number of alkyl halides is 2. The number of hydrogen-bond donors (Lipinski definition) is 1. The molecule has 1 saturated heterocycles. The molecule has 0 aromatic carbocycles. The van der Waals surface area contributed by atoms with E-state index in [0.29, 0.717) is 48.3 Å². The van der Waals surface area contributed by atoms with Crippen molar-refractivity contribution in [3.63, 3.8) is 0 Å². The molecule has 6 heterocycles. The van der Waals surface area contributed by atoms with E-state index in [2.05, 4.69) is 26.1 Å². The van der Waals surface area contributed by atoms with E-state index in [1.165, 1.54) is 23.4 Å². The molecule has 0 radical (unpaired) electrons. The van der Waals surface area contributed by atoms with E-state index in [0.717, 1.165) is 61.3 Å². The second-order valence-corrected chi connectivity index (χ2v) is 14.8. The molecule has 0 amide bonds. The van der Waals surface area contributed by atoms with Crippen molar-refractivity contribution in [3.8, 4) is 11.8 Å². The molecule has 7 rings (SSSR count). The standard InChI is InChI=1S/C37H45F2N7O4/c1-22-16-26-20-45(21-37(9-10-37)50-34(26)41-33(22)49-15-14-44-11-6-7-12-44)19-25-17-28(40-18-23(25)2)29(36(4,5)35(47)48)27-8-13-46-31(24(27)3)42-43-32(46)30(38)39/h8,13,16-18,29-30H,6-7,9-12,14-15,19-21H2,1-5H3,(H,47,48)/t29-/m1/s1. The van der Waals surface area contributed by atoms with Crippen molar-refractivity contribution in [2.75, 3.05) is 32.8 Å². The minimum absolute atomic E-state index is 0.262. The number of aryl methyl sites for hydroxylation is 3. The highest BCUT2D eigenvalue weighted by molar-refractivity contribution is 5.76. The number of rotatable bonds is 11. The molecule has 4 aromatic heterocycles. The summed E-state index contributed by atoms with van der Waals surface area (Å²) in [5.74, 6) is -0.896. The number of halogens is 2. The molecule has 3 aliphatic rings. The number of likely N-dealkylation sites (tertiary alicyclic amines) is 1. The van der Waals surface area contributed by atoms with Crippen LogP contribution in [0.1, 0.15) is 96.8 Å². The zero-order chi connectivity index (χ0) is 35.4. The maximum Gasteiger partial charge on any atom is 0.310 e. The van der Waals surface area contributed by atoms with Gasteiger partial charge in [0.1, 0.15) is 12.2 Å². The van der Waals surface area contributed by atoms with Gasteiger partial charge >= 0.3 is 5.97 Å². The summed E-state index contributed by atoms with van der Waals surface area (Å²) in [6.45, 7) is 14.8. The molecule has 0 bridgehead atoms. The average Bonchev–Trinajstić information content (AvgIpc) is 3.42. The van der Waals surface area contributed by atoms with E-state index in [4.69, 9.17) is 19.4 Å². The van der Waals surface area contributed by atoms with E-state index in [-0.39, 0.29) is 11.2 Å². The van der Waals surface area contributed by atoms with E-state index >= 15 is 0 Å². The first kappa shape index (κ1) is 34.2. The van der Waals surface area contributed by atoms with Crippen molar-refractivity contribution >= 4 is 11.6 Å². The Labute approximate surface area is 290 Å². The first-order valence-electron chi connectivity index (χ1n) is 17.4. The lowest BCUT2D eigenvalue weighted by Crippen LogP contribution is -2.35. The summed E-state index contributed by atoms with van der Waals surface area (Å²) in [5, 5.41) is 18.2. The number of aromatic nitrogens is 5. The molecule has 0 unspecified atom stereocenters. The average molecular weight is 690 g/mol. The van der Waals surface area contributed by atoms with Crippen molar-refractivity contribution in [1.82, 2.24) is 34.4 Å². The fourth-order valence-electron chi connectivity index (χ4n) is 7.49. The summed E-state index contributed by atoms with van der Waals surface area (Å²) in [4.78, 5) is 27.2. The van der Waals surface area contributed by atoms with Gasteiger partial charge in [0.05, 0.1) is 5.41 Å². The quantitative estimate of drug-likeness (QED) is 0.200. The Balaban J connectivity index is 1.18. The Morgan fingerprint density at radius 2 is 1.86 bits per heavy atom. The van der Waals surface area contributed by atoms with Gasteiger partial charge < -0.3 is 14.6 Å². The fraction of sp³-hybridized carbons (Fsp3) is 0.541. The second-order valence-electron chi connectivity index (χ2n) is 14.8. The van der Waals surface area contributed by atoms with E-state index in [1.54, 1.807) is 33.0 Å². The third-order valence-corrected chi connectivity index (χ3v) is 10.7. The second kappa shape index (κ2) is 13.1. The third-order valence-electron chi connectivity index (χ3n) is 10.7. The minimum atomic E-state index is -2.80. The highest BCUT2D eigenvalue weighted by atomic mass is 19.3. The molecule has 1 aliphatic carbocycles. The Hall–Kier alpha value is -4.23. The molecule has 1 spiro atoms. The maximum absolute atomic E-state index is 13.6. The van der Waals surface area contributed by atoms with Gasteiger partial charge in [0.2, 0.25) is 17.6 Å². The van der Waals surface area contributed by atoms with Crippen LogP contribution in [0.3, 0.4) is 0 Å². The van der Waals surface area contributed by atoms with Gasteiger partial charge in [0.15, 0.2) is 5.65 Å². The molecule has 50 heavy (non-hydrogen) atoms. The van der Waals surface area contributed by atoms with Crippen LogP contribution in [0.25, 0.3) is 5.65 Å². The molecule has 11 nitrogen and oxygen atoms in total. The number of carbonyl (C=O) groups is 1. The molecular formula is C37H45F2N7O4. The summed E-state index contributed by atoms with van der Waals surface area (Å²) < 4.78 is 41.2. The SMILES string of the molecule is Cc1cnc([C@@H](c2ccn3c(C(F)F)nnc3c2C)C(C)(C)C(=O)O)cc1CN1Cc2cc(C)c(OCCN3CCCC3)nc2OC2(CC2)C1. The van der Waals surface area contributed by atoms with Crippen LogP contribution < -0.4 is 9.47 Å². The summed E-state index contributed by atoms with van der Waals surface area (Å²) in [6.07, 6.45) is 4.86. The lowest BCUT2D eigenvalue weighted by Gasteiger charge is -2.32. The Morgan fingerprint density at radius 1 is 1.10 bits per heavy atom. The Morgan fingerprint density at radius 3 is 2.56 bits per heavy atom. The first-order valence-corrected chi connectivity index (χ1v) is 17.4. The number of pyridine rings is 3. The highest BCUT2D eigenvalue weighted by Crippen LogP contribution is 2.46. The van der Waals surface area contributed by atoms with Crippen LogP contribution in [0, 0.1) is 26.2 Å². The lowest BCUT2D eigenvalue weighted by molar-refractivity contribution is -0.147. The number of carboxylic acid groups (broad SMARTS) is 1. The van der Waals surface area contributed by atoms with Gasteiger partial charge in [0, 0.05) is 61.3 Å². The highest BCUT2D eigenvalue weighted by Gasteiger charge is 2.49. The van der Waals surface area contributed by atoms with Crippen molar-refractivity contribution in [2.24, 2.45) is 5.41 Å². The summed E-state index contributed by atoms with van der Waals surface area (Å²) >= 11 is 0. The molecule has 2 aliphatic heterocycles. The molecule has 13 heteroatoms. The number of nitrogens with zero attached hydrogens (tertiary/aromatic N) is 7. The van der Waals surface area contributed by atoms with Crippen LogP contribution in [-0.2, 0) is 17.9 Å². The Kier molecular flexibility index (Phi) is 9.00. The van der Waals surface area contributed by atoms with Crippen LogP contribution in [0.5, 0.6) is 11.8 Å². The molecule has 4 aromatic rings. The predicted octanol–water partition coefficient (Wildman–Crippen LogP) is 6.03. The van der Waals surface area contributed by atoms with Crippen LogP contribution in [0.2, 0.25) is 0 Å². The molecule has 1 N–H and O–H groups in total. The topological polar surface area (TPSA) is 118 Å². The summed E-state index contributed by atoms with van der Waals surface area (Å²) in [5.41, 5.74) is 4.46. The number of fused-ring (bicyclic) bond motifs is 2. The molecule has 1 saturated carbocycles. The van der Waals surface area contributed by atoms with Gasteiger partial charge in [-0.25, -0.2) is 8.78 Å². The largest absolute Gasteiger partial charge is 0.481 e. The van der Waals surface area contributed by atoms with Crippen LogP contribution in [0.15, 0.2) is 30.6 Å². The van der Waals surface area contributed by atoms with Crippen LogP contribution in [-0.4, -0.2) is 83.8 Å². The van der Waals surface area contributed by atoms with Crippen LogP contribution in [0.4, 0.5) is 8.78 Å². The smallest absolute Gasteiger partial charge is 0.310 e. The van der Waals surface area contributed by atoms with E-state index in [9.17, 15) is 18.7 Å². The van der Waals surface area contributed by atoms with Crippen molar-refractivity contribution in [2.45, 2.75) is 91.3 Å². The van der Waals surface area contributed by atoms with E-state index in [1.807, 2.05) is 19.9 Å². The van der Waals surface area contributed by atoms with Gasteiger partial charge in [0.25, 0.3) is 6.43 Å². The van der Waals surface area contributed by atoms with Gasteiger partial charge in [-0.05, 0) is 114 Å². The number of aliphatic carboxylic acids is 1. The molecule has 266 valence electrons. The molecule has 1 atom stereocenters. The van der Waals surface area contributed by atoms with Gasteiger partial charge in [-0.2, -0.15) is 4.98 Å². The number of ether oxygens (including phenoxy) is 2. The lowest BCUT2D eigenvalue weighted by atomic mass is 9.71. The van der Waals surface area contributed by atoms with Crippen molar-refractivity contribution in [1.29, 1.82) is 0 Å². The van der Waals surface area contributed by atoms with Crippen LogP contribution >= 0.6 is 0 Å². The monoisotopic (exact) mass is 689 g/mol. The number of hydrogen-bond acceptors (Lipinski definition) is 9. The maximum atomic E-state index is 13.6. The van der Waals surface area contributed by atoms with Crippen molar-refractivity contribution < 1.29 is 28.2 Å². The molecular weight excluding hydrogens is 644 g/mol. The van der Waals surface area contributed by atoms with E-state index < -0.39 is 29.6 Å². The Bertz CT molecular complexity index is 1920. The summed E-state index contributed by atoms with van der Waals surface area (Å²) in [6, 6.07) is 5.81. The normalized spacial score (nSPS) is 18.3. The zero-order valence-corrected chi connectivity index (χ0v) is 29.4. The zero-order valence-electron chi connectivity index (χ0n) is 29.4. The number of carboxylic acids is 1. The summed E-state index contributed by atoms with van der Waals surface area (Å²) in [7, 11) is 0. The minimum Gasteiger partial charge on any atom is -0.481 e. The third kappa shape index (κ3) is 6.53. The van der Waals surface area contributed by atoms with Gasteiger partial charge in [-0.3, -0.25) is 24.0 Å². The fourth-order valence-corrected chi connectivity index (χ4v) is 7.49. The van der Waals surface area contributed by atoms with Crippen molar-refractivity contribution in [3.05, 3.63) is 75.5 Å². The van der Waals surface area contributed by atoms with Gasteiger partial charge in [-0.1, -0.05) is 0 Å². The first-order chi connectivity index (χ1) is 23.8. The molecule has 2 fully saturated rings.